The van der Waals surface area contributed by atoms with E-state index in [0.29, 0.717) is 43.7 Å². The average molecular weight is 432 g/mol. The van der Waals surface area contributed by atoms with Crippen molar-refractivity contribution in [1.29, 1.82) is 0 Å². The molecule has 1 amide bonds. The first-order valence-corrected chi connectivity index (χ1v) is 10.8. The van der Waals surface area contributed by atoms with Crippen molar-refractivity contribution >= 4 is 17.7 Å². The molecule has 4 heterocycles. The van der Waals surface area contributed by atoms with Crippen molar-refractivity contribution in [3.63, 3.8) is 0 Å². The molecule has 0 unspecified atom stereocenters. The lowest BCUT2D eigenvalue weighted by molar-refractivity contribution is -0.131. The lowest BCUT2D eigenvalue weighted by Gasteiger charge is -2.24. The molecule has 164 valence electrons. The molecule has 1 saturated heterocycles. The number of aromatic nitrogens is 4. The third-order valence-corrected chi connectivity index (χ3v) is 5.54. The molecular weight excluding hydrogens is 408 g/mol. The number of ether oxygens (including phenoxy) is 2. The third-order valence-electron chi connectivity index (χ3n) is 5.54. The predicted octanol–water partition coefficient (Wildman–Crippen LogP) is 3.08. The van der Waals surface area contributed by atoms with Gasteiger partial charge in [0.1, 0.15) is 0 Å². The zero-order chi connectivity index (χ0) is 21.8. The van der Waals surface area contributed by atoms with E-state index in [2.05, 4.69) is 25.3 Å². The van der Waals surface area contributed by atoms with E-state index < -0.39 is 0 Å². The number of amides is 1. The summed E-state index contributed by atoms with van der Waals surface area (Å²) in [6.07, 6.45) is 9.60. The van der Waals surface area contributed by atoms with E-state index >= 15 is 0 Å². The summed E-state index contributed by atoms with van der Waals surface area (Å²) in [5.74, 6) is 2.51. The van der Waals surface area contributed by atoms with Crippen LogP contribution in [0.3, 0.4) is 0 Å². The lowest BCUT2D eigenvalue weighted by Crippen LogP contribution is -2.32. The Morgan fingerprint density at radius 1 is 1.09 bits per heavy atom. The van der Waals surface area contributed by atoms with Crippen LogP contribution in [0, 0.1) is 0 Å². The summed E-state index contributed by atoms with van der Waals surface area (Å²) in [5.41, 5.74) is 1.67. The molecule has 0 spiro atoms. The summed E-state index contributed by atoms with van der Waals surface area (Å²) in [5, 5.41) is 3.06. The van der Waals surface area contributed by atoms with Gasteiger partial charge in [0.25, 0.3) is 0 Å². The topological polar surface area (TPSA) is 102 Å². The van der Waals surface area contributed by atoms with Gasteiger partial charge in [-0.15, -0.1) is 0 Å². The second-order valence-electron chi connectivity index (χ2n) is 7.78. The first kappa shape index (κ1) is 20.2. The number of anilines is 2. The Morgan fingerprint density at radius 3 is 2.81 bits per heavy atom. The Morgan fingerprint density at radius 2 is 1.94 bits per heavy atom. The highest BCUT2D eigenvalue weighted by Gasteiger charge is 2.31. The van der Waals surface area contributed by atoms with E-state index in [1.165, 1.54) is 0 Å². The van der Waals surface area contributed by atoms with Crippen LogP contribution >= 0.6 is 0 Å². The maximum Gasteiger partial charge on any atom is 0.228 e. The monoisotopic (exact) mass is 432 g/mol. The van der Waals surface area contributed by atoms with E-state index in [-0.39, 0.29) is 11.9 Å². The minimum atomic E-state index is -0.103. The summed E-state index contributed by atoms with van der Waals surface area (Å²) >= 11 is 0. The Labute approximate surface area is 185 Å². The highest BCUT2D eigenvalue weighted by molar-refractivity contribution is 5.79. The number of rotatable bonds is 5. The fourth-order valence-electron chi connectivity index (χ4n) is 4.05. The molecule has 2 aliphatic heterocycles. The minimum absolute atomic E-state index is 0.0635. The molecule has 0 bridgehead atoms. The molecule has 0 radical (unpaired) electrons. The maximum atomic E-state index is 13.2. The standard InChI is InChI=1S/C23H24N6O3/c30-22(13-16-5-6-19-20(12-16)32-11-3-10-31-19)29-9-1-4-18(29)17-14-24-15-21(27-17)28-23-25-7-2-8-26-23/h2,5-8,12,14-15,18H,1,3-4,9-11,13H2,(H,25,26,27,28)/t18-/m1/s1. The smallest absolute Gasteiger partial charge is 0.228 e. The summed E-state index contributed by atoms with van der Waals surface area (Å²) in [7, 11) is 0. The number of hydrogen-bond acceptors (Lipinski definition) is 8. The number of carbonyl (C=O) groups is 1. The summed E-state index contributed by atoms with van der Waals surface area (Å²) in [4.78, 5) is 32.4. The fourth-order valence-corrected chi connectivity index (χ4v) is 4.05. The number of carbonyl (C=O) groups excluding carboxylic acids is 1. The van der Waals surface area contributed by atoms with Gasteiger partial charge in [-0.1, -0.05) is 6.07 Å². The molecule has 5 rings (SSSR count). The van der Waals surface area contributed by atoms with Crippen LogP contribution in [0.25, 0.3) is 0 Å². The minimum Gasteiger partial charge on any atom is -0.490 e. The summed E-state index contributed by atoms with van der Waals surface area (Å²) in [6, 6.07) is 7.37. The molecule has 9 nitrogen and oxygen atoms in total. The van der Waals surface area contributed by atoms with E-state index in [9.17, 15) is 4.79 Å². The van der Waals surface area contributed by atoms with Gasteiger partial charge in [0, 0.05) is 25.4 Å². The molecule has 0 saturated carbocycles. The normalized spacial score (nSPS) is 17.6. The van der Waals surface area contributed by atoms with Gasteiger partial charge in [0.05, 0.1) is 43.8 Å². The highest BCUT2D eigenvalue weighted by Crippen LogP contribution is 2.33. The van der Waals surface area contributed by atoms with Crippen LogP contribution in [0.2, 0.25) is 0 Å². The molecule has 1 aromatic carbocycles. The van der Waals surface area contributed by atoms with Crippen LogP contribution in [-0.4, -0.2) is 50.5 Å². The molecule has 1 N–H and O–H groups in total. The molecule has 2 aliphatic rings. The molecule has 1 atom stereocenters. The Hall–Kier alpha value is -3.75. The lowest BCUT2D eigenvalue weighted by atomic mass is 10.1. The van der Waals surface area contributed by atoms with Crippen LogP contribution in [0.1, 0.15) is 36.6 Å². The highest BCUT2D eigenvalue weighted by atomic mass is 16.5. The summed E-state index contributed by atoms with van der Waals surface area (Å²) < 4.78 is 11.4. The third kappa shape index (κ3) is 4.46. The molecule has 3 aromatic rings. The SMILES string of the molecule is O=C(Cc1ccc2c(c1)OCCCO2)N1CCC[C@@H]1c1cncc(Nc2ncccn2)n1. The molecule has 32 heavy (non-hydrogen) atoms. The number of nitrogens with zero attached hydrogens (tertiary/aromatic N) is 5. The first-order chi connectivity index (χ1) is 15.8. The Balaban J connectivity index is 1.30. The number of fused-ring (bicyclic) bond motifs is 1. The fraction of sp³-hybridized carbons (Fsp3) is 0.348. The second kappa shape index (κ2) is 9.17. The molecule has 0 aliphatic carbocycles. The van der Waals surface area contributed by atoms with Gasteiger partial charge in [-0.05, 0) is 36.6 Å². The average Bonchev–Trinajstić information content (AvgIpc) is 3.20. The Bertz CT molecular complexity index is 1090. The van der Waals surface area contributed by atoms with E-state index in [4.69, 9.17) is 9.47 Å². The van der Waals surface area contributed by atoms with E-state index in [0.717, 1.165) is 36.3 Å². The largest absolute Gasteiger partial charge is 0.490 e. The molecular formula is C23H24N6O3. The van der Waals surface area contributed by atoms with Gasteiger partial charge >= 0.3 is 0 Å². The predicted molar refractivity (Wildman–Crippen MR) is 117 cm³/mol. The quantitative estimate of drug-likeness (QED) is 0.656. The molecule has 9 heteroatoms. The second-order valence-corrected chi connectivity index (χ2v) is 7.78. The van der Waals surface area contributed by atoms with Crippen LogP contribution in [0.4, 0.5) is 11.8 Å². The van der Waals surface area contributed by atoms with Crippen LogP contribution in [0.5, 0.6) is 11.5 Å². The number of hydrogen-bond donors (Lipinski definition) is 1. The van der Waals surface area contributed by atoms with Gasteiger partial charge < -0.3 is 19.7 Å². The van der Waals surface area contributed by atoms with Gasteiger partial charge in [0.2, 0.25) is 11.9 Å². The van der Waals surface area contributed by atoms with Crippen molar-refractivity contribution in [3.05, 3.63) is 60.3 Å². The van der Waals surface area contributed by atoms with Crippen molar-refractivity contribution < 1.29 is 14.3 Å². The number of benzene rings is 1. The van der Waals surface area contributed by atoms with Gasteiger partial charge in [-0.25, -0.2) is 15.0 Å². The van der Waals surface area contributed by atoms with Crippen molar-refractivity contribution in [3.8, 4) is 11.5 Å². The van der Waals surface area contributed by atoms with Crippen molar-refractivity contribution in [1.82, 2.24) is 24.8 Å². The number of nitrogens with one attached hydrogen (secondary N) is 1. The van der Waals surface area contributed by atoms with E-state index in [1.54, 1.807) is 30.9 Å². The van der Waals surface area contributed by atoms with E-state index in [1.807, 2.05) is 23.1 Å². The van der Waals surface area contributed by atoms with Gasteiger partial charge in [-0.2, -0.15) is 0 Å². The zero-order valence-corrected chi connectivity index (χ0v) is 17.6. The van der Waals surface area contributed by atoms with Crippen LogP contribution < -0.4 is 14.8 Å². The van der Waals surface area contributed by atoms with Gasteiger partial charge in [0.15, 0.2) is 17.3 Å². The molecule has 2 aromatic heterocycles. The summed E-state index contributed by atoms with van der Waals surface area (Å²) in [6.45, 7) is 1.97. The van der Waals surface area contributed by atoms with Crippen molar-refractivity contribution in [2.75, 3.05) is 25.1 Å². The first-order valence-electron chi connectivity index (χ1n) is 10.8. The van der Waals surface area contributed by atoms with Crippen LogP contribution in [0.15, 0.2) is 49.1 Å². The Kier molecular flexibility index (Phi) is 5.78. The van der Waals surface area contributed by atoms with Crippen molar-refractivity contribution in [2.45, 2.75) is 31.7 Å². The zero-order valence-electron chi connectivity index (χ0n) is 17.6. The number of likely N-dealkylation sites (tertiary alicyclic amines) is 1. The molecule has 1 fully saturated rings. The van der Waals surface area contributed by atoms with Crippen molar-refractivity contribution in [2.24, 2.45) is 0 Å². The van der Waals surface area contributed by atoms with Crippen LogP contribution in [-0.2, 0) is 11.2 Å². The van der Waals surface area contributed by atoms with Gasteiger partial charge in [-0.3, -0.25) is 9.78 Å². The maximum absolute atomic E-state index is 13.2.